The lowest BCUT2D eigenvalue weighted by molar-refractivity contribution is -0.120. The maximum absolute atomic E-state index is 11.2. The van der Waals surface area contributed by atoms with E-state index in [2.05, 4.69) is 15.1 Å². The van der Waals surface area contributed by atoms with Gasteiger partial charge in [0.2, 0.25) is 5.91 Å². The van der Waals surface area contributed by atoms with Crippen molar-refractivity contribution in [1.29, 1.82) is 0 Å². The first-order valence-electron chi connectivity index (χ1n) is 7.63. The highest BCUT2D eigenvalue weighted by atomic mass is 16.1. The van der Waals surface area contributed by atoms with Crippen LogP contribution in [0.4, 0.5) is 0 Å². The summed E-state index contributed by atoms with van der Waals surface area (Å²) in [6.45, 7) is 5.49. The molecule has 0 aromatic heterocycles. The molecular weight excluding hydrogens is 240 g/mol. The number of likely N-dealkylation sites (N-methyl/N-ethyl adjacent to an activating group) is 1. The summed E-state index contributed by atoms with van der Waals surface area (Å²) in [6, 6.07) is 0.546. The minimum atomic E-state index is -0.249. The molecule has 1 unspecified atom stereocenters. The van der Waals surface area contributed by atoms with Crippen LogP contribution in [-0.2, 0) is 4.79 Å². The molecule has 110 valence electrons. The fourth-order valence-corrected chi connectivity index (χ4v) is 3.33. The van der Waals surface area contributed by atoms with Gasteiger partial charge in [-0.2, -0.15) is 0 Å². The first-order valence-corrected chi connectivity index (χ1v) is 7.63. The van der Waals surface area contributed by atoms with Gasteiger partial charge in [0.05, 0.1) is 6.04 Å². The van der Waals surface area contributed by atoms with Crippen molar-refractivity contribution in [3.05, 3.63) is 0 Å². The van der Waals surface area contributed by atoms with Gasteiger partial charge in [-0.05, 0) is 58.9 Å². The zero-order valence-electron chi connectivity index (χ0n) is 12.1. The Hall–Kier alpha value is -0.650. The zero-order chi connectivity index (χ0) is 13.7. The van der Waals surface area contributed by atoms with E-state index < -0.39 is 0 Å². The lowest BCUT2D eigenvalue weighted by Gasteiger charge is -2.40. The zero-order valence-corrected chi connectivity index (χ0v) is 12.1. The average molecular weight is 268 g/mol. The molecule has 3 N–H and O–H groups in total. The van der Waals surface area contributed by atoms with Crippen LogP contribution in [-0.4, -0.2) is 67.6 Å². The summed E-state index contributed by atoms with van der Waals surface area (Å²) in [5, 5.41) is 3.00. The Labute approximate surface area is 116 Å². The smallest absolute Gasteiger partial charge is 0.235 e. The van der Waals surface area contributed by atoms with Crippen LogP contribution < -0.4 is 11.1 Å². The molecule has 0 saturated carbocycles. The molecule has 2 heterocycles. The van der Waals surface area contributed by atoms with Crippen molar-refractivity contribution in [2.75, 3.05) is 39.8 Å². The van der Waals surface area contributed by atoms with Gasteiger partial charge in [0.15, 0.2) is 0 Å². The number of rotatable bonds is 5. The number of nitrogens with one attached hydrogen (secondary N) is 1. The van der Waals surface area contributed by atoms with E-state index in [4.69, 9.17) is 5.73 Å². The first-order chi connectivity index (χ1) is 9.20. The number of nitrogens with two attached hydrogens (primary N) is 1. The minimum Gasteiger partial charge on any atom is -0.368 e. The highest BCUT2D eigenvalue weighted by molar-refractivity contribution is 5.80. The van der Waals surface area contributed by atoms with Crippen LogP contribution >= 0.6 is 0 Å². The molecule has 1 atom stereocenters. The maximum atomic E-state index is 11.2. The molecule has 0 aromatic carbocycles. The molecule has 0 aromatic rings. The number of amides is 1. The van der Waals surface area contributed by atoms with E-state index in [0.717, 1.165) is 25.7 Å². The third-order valence-corrected chi connectivity index (χ3v) is 4.60. The van der Waals surface area contributed by atoms with Crippen molar-refractivity contribution in [3.63, 3.8) is 0 Å². The fraction of sp³-hybridized carbons (Fsp3) is 0.929. The highest BCUT2D eigenvalue weighted by Gasteiger charge is 2.27. The molecule has 0 radical (unpaired) electrons. The number of hydrogen-bond donors (Lipinski definition) is 2. The summed E-state index contributed by atoms with van der Waals surface area (Å²) in [7, 11) is 1.80. The van der Waals surface area contributed by atoms with Crippen LogP contribution in [0.1, 0.15) is 32.1 Å². The second kappa shape index (κ2) is 7.22. The molecule has 2 fully saturated rings. The number of nitrogens with zero attached hydrogens (tertiary/aromatic N) is 2. The number of carbonyl (C=O) groups excluding carboxylic acids is 1. The second-order valence-corrected chi connectivity index (χ2v) is 5.87. The largest absolute Gasteiger partial charge is 0.368 e. The van der Waals surface area contributed by atoms with Crippen LogP contribution in [0.15, 0.2) is 0 Å². The summed E-state index contributed by atoms with van der Waals surface area (Å²) < 4.78 is 0. The monoisotopic (exact) mass is 268 g/mol. The van der Waals surface area contributed by atoms with Crippen molar-refractivity contribution in [1.82, 2.24) is 15.1 Å². The molecule has 5 heteroatoms. The minimum absolute atomic E-state index is 0.216. The molecular formula is C14H28N4O. The Morgan fingerprint density at radius 3 is 2.37 bits per heavy atom. The molecule has 5 nitrogen and oxygen atoms in total. The summed E-state index contributed by atoms with van der Waals surface area (Å²) in [5.41, 5.74) is 5.37. The van der Waals surface area contributed by atoms with E-state index in [1.165, 1.54) is 45.2 Å². The summed E-state index contributed by atoms with van der Waals surface area (Å²) in [5.74, 6) is -0.249. The number of piperidine rings is 2. The van der Waals surface area contributed by atoms with Gasteiger partial charge in [0.1, 0.15) is 0 Å². The van der Waals surface area contributed by atoms with Gasteiger partial charge in [0, 0.05) is 12.6 Å². The molecule has 0 bridgehead atoms. The van der Waals surface area contributed by atoms with Gasteiger partial charge in [-0.3, -0.25) is 4.79 Å². The topological polar surface area (TPSA) is 61.6 Å². The van der Waals surface area contributed by atoms with E-state index in [1.54, 1.807) is 7.05 Å². The predicted octanol–water partition coefficient (Wildman–Crippen LogP) is 0.0100. The van der Waals surface area contributed by atoms with Gasteiger partial charge < -0.3 is 20.9 Å². The first kappa shape index (κ1) is 14.8. The van der Waals surface area contributed by atoms with Crippen LogP contribution in [0.3, 0.4) is 0 Å². The lowest BCUT2D eigenvalue weighted by atomic mass is 9.99. The SMILES string of the molecule is CNC(CN1CCC(N2CCCCC2)CC1)C(N)=O. The van der Waals surface area contributed by atoms with Crippen molar-refractivity contribution < 1.29 is 4.79 Å². The quantitative estimate of drug-likeness (QED) is 0.737. The van der Waals surface area contributed by atoms with E-state index in [-0.39, 0.29) is 11.9 Å². The number of carbonyl (C=O) groups is 1. The van der Waals surface area contributed by atoms with E-state index in [9.17, 15) is 4.79 Å². The molecule has 0 aliphatic carbocycles. The fourth-order valence-electron chi connectivity index (χ4n) is 3.33. The van der Waals surface area contributed by atoms with Crippen molar-refractivity contribution in [2.45, 2.75) is 44.2 Å². The number of primary amides is 1. The Bertz CT molecular complexity index is 283. The molecule has 19 heavy (non-hydrogen) atoms. The van der Waals surface area contributed by atoms with Crippen LogP contribution in [0.5, 0.6) is 0 Å². The summed E-state index contributed by atoms with van der Waals surface area (Å²) in [6.07, 6.45) is 6.59. The molecule has 0 spiro atoms. The Balaban J connectivity index is 1.74. The van der Waals surface area contributed by atoms with Crippen LogP contribution in [0, 0.1) is 0 Å². The van der Waals surface area contributed by atoms with Crippen molar-refractivity contribution >= 4 is 5.91 Å². The molecule has 1 amide bonds. The second-order valence-electron chi connectivity index (χ2n) is 5.87. The average Bonchev–Trinajstić information content (AvgIpc) is 2.46. The lowest BCUT2D eigenvalue weighted by Crippen LogP contribution is -2.52. The Morgan fingerprint density at radius 1 is 1.21 bits per heavy atom. The third kappa shape index (κ3) is 4.16. The van der Waals surface area contributed by atoms with Gasteiger partial charge in [0.25, 0.3) is 0 Å². The van der Waals surface area contributed by atoms with E-state index >= 15 is 0 Å². The van der Waals surface area contributed by atoms with Gasteiger partial charge in [-0.15, -0.1) is 0 Å². The van der Waals surface area contributed by atoms with Gasteiger partial charge >= 0.3 is 0 Å². The Morgan fingerprint density at radius 2 is 1.84 bits per heavy atom. The maximum Gasteiger partial charge on any atom is 0.235 e. The normalized spacial score (nSPS) is 25.3. The van der Waals surface area contributed by atoms with E-state index in [1.807, 2.05) is 0 Å². The summed E-state index contributed by atoms with van der Waals surface area (Å²) in [4.78, 5) is 16.3. The van der Waals surface area contributed by atoms with Crippen LogP contribution in [0.2, 0.25) is 0 Å². The molecule has 2 saturated heterocycles. The molecule has 2 rings (SSSR count). The molecule has 2 aliphatic heterocycles. The number of likely N-dealkylation sites (tertiary alicyclic amines) is 2. The van der Waals surface area contributed by atoms with Gasteiger partial charge in [-0.1, -0.05) is 6.42 Å². The van der Waals surface area contributed by atoms with Crippen molar-refractivity contribution in [3.8, 4) is 0 Å². The highest BCUT2D eigenvalue weighted by Crippen LogP contribution is 2.20. The third-order valence-electron chi connectivity index (χ3n) is 4.60. The van der Waals surface area contributed by atoms with Crippen molar-refractivity contribution in [2.24, 2.45) is 5.73 Å². The van der Waals surface area contributed by atoms with E-state index in [0.29, 0.717) is 0 Å². The van der Waals surface area contributed by atoms with Crippen LogP contribution in [0.25, 0.3) is 0 Å². The predicted molar refractivity (Wildman–Crippen MR) is 76.9 cm³/mol. The summed E-state index contributed by atoms with van der Waals surface area (Å²) >= 11 is 0. The number of hydrogen-bond acceptors (Lipinski definition) is 4. The molecule has 2 aliphatic rings. The van der Waals surface area contributed by atoms with Gasteiger partial charge in [-0.25, -0.2) is 0 Å². The standard InChI is InChI=1S/C14H28N4O/c1-16-13(14(15)19)11-17-9-5-12(6-10-17)18-7-3-2-4-8-18/h12-13,16H,2-11H2,1H3,(H2,15,19). The Kier molecular flexibility index (Phi) is 5.60.